The second-order valence-electron chi connectivity index (χ2n) is 8.21. The molecule has 158 valence electrons. The Hall–Kier alpha value is -2.00. The summed E-state index contributed by atoms with van der Waals surface area (Å²) >= 11 is 5.88. The van der Waals surface area contributed by atoms with Gasteiger partial charge in [-0.25, -0.2) is 0 Å². The number of hydrogen-bond acceptors (Lipinski definition) is 2. The molecular weight excluding hydrogens is 382 g/mol. The SMILES string of the molecule is CC(C)N(C(=O)Cc1ccc(O)c(C(CCCCCl)c2ccccc2)c1)C(C)C. The Morgan fingerprint density at radius 3 is 2.24 bits per heavy atom. The van der Waals surface area contributed by atoms with Gasteiger partial charge < -0.3 is 10.0 Å². The van der Waals surface area contributed by atoms with Crippen molar-refractivity contribution in [3.8, 4) is 5.75 Å². The number of nitrogens with zero attached hydrogens (tertiary/aromatic N) is 1. The lowest BCUT2D eigenvalue weighted by molar-refractivity contribution is -0.134. The maximum absolute atomic E-state index is 12.9. The van der Waals surface area contributed by atoms with Crippen LogP contribution in [0.3, 0.4) is 0 Å². The first-order chi connectivity index (χ1) is 13.8. The van der Waals surface area contributed by atoms with Gasteiger partial charge in [-0.3, -0.25) is 4.79 Å². The van der Waals surface area contributed by atoms with Crippen molar-refractivity contribution >= 4 is 17.5 Å². The molecular formula is C25H34ClNO2. The predicted molar refractivity (Wildman–Crippen MR) is 122 cm³/mol. The fourth-order valence-corrected chi connectivity index (χ4v) is 4.25. The summed E-state index contributed by atoms with van der Waals surface area (Å²) in [4.78, 5) is 14.8. The second kappa shape index (κ2) is 11.3. The highest BCUT2D eigenvalue weighted by Gasteiger charge is 2.22. The molecule has 0 aliphatic rings. The largest absolute Gasteiger partial charge is 0.508 e. The van der Waals surface area contributed by atoms with Crippen LogP contribution in [0.4, 0.5) is 0 Å². The molecule has 4 heteroatoms. The molecule has 0 aromatic heterocycles. The molecule has 1 N–H and O–H groups in total. The molecule has 1 amide bonds. The van der Waals surface area contributed by atoms with Gasteiger partial charge in [-0.15, -0.1) is 11.6 Å². The van der Waals surface area contributed by atoms with Crippen molar-refractivity contribution in [2.75, 3.05) is 5.88 Å². The molecule has 0 aliphatic carbocycles. The Bertz CT molecular complexity index is 766. The summed E-state index contributed by atoms with van der Waals surface area (Å²) in [7, 11) is 0. The maximum Gasteiger partial charge on any atom is 0.227 e. The zero-order chi connectivity index (χ0) is 21.4. The van der Waals surface area contributed by atoms with E-state index in [1.54, 1.807) is 6.07 Å². The first-order valence-corrected chi connectivity index (χ1v) is 11.1. The van der Waals surface area contributed by atoms with Crippen LogP contribution in [0.1, 0.15) is 69.6 Å². The van der Waals surface area contributed by atoms with Crippen molar-refractivity contribution < 1.29 is 9.90 Å². The van der Waals surface area contributed by atoms with E-state index < -0.39 is 0 Å². The molecule has 0 saturated heterocycles. The minimum absolute atomic E-state index is 0.0840. The van der Waals surface area contributed by atoms with Gasteiger partial charge in [0.2, 0.25) is 5.91 Å². The number of aromatic hydroxyl groups is 1. The van der Waals surface area contributed by atoms with Crippen molar-refractivity contribution in [1.82, 2.24) is 4.90 Å². The lowest BCUT2D eigenvalue weighted by atomic mass is 9.85. The van der Waals surface area contributed by atoms with Crippen LogP contribution >= 0.6 is 11.6 Å². The topological polar surface area (TPSA) is 40.5 Å². The standard InChI is InChI=1S/C25H34ClNO2/c1-18(2)27(19(3)4)25(29)17-20-13-14-24(28)23(16-20)22(12-8-9-15-26)21-10-6-5-7-11-21/h5-7,10-11,13-14,16,18-19,22,28H,8-9,12,15,17H2,1-4H3. The highest BCUT2D eigenvalue weighted by molar-refractivity contribution is 6.17. The van der Waals surface area contributed by atoms with Crippen LogP contribution in [0.15, 0.2) is 48.5 Å². The zero-order valence-corrected chi connectivity index (χ0v) is 18.8. The first kappa shape index (κ1) is 23.3. The molecule has 1 atom stereocenters. The Labute approximate surface area is 180 Å². The number of phenolic OH excluding ortho intramolecular Hbond substituents is 1. The van der Waals surface area contributed by atoms with E-state index in [9.17, 15) is 9.90 Å². The van der Waals surface area contributed by atoms with Crippen LogP contribution in [-0.4, -0.2) is 33.9 Å². The highest BCUT2D eigenvalue weighted by atomic mass is 35.5. The molecule has 1 unspecified atom stereocenters. The van der Waals surface area contributed by atoms with Gasteiger partial charge in [-0.05, 0) is 57.7 Å². The fourth-order valence-electron chi connectivity index (χ4n) is 4.06. The molecule has 2 rings (SSSR count). The van der Waals surface area contributed by atoms with Crippen LogP contribution in [0.2, 0.25) is 0 Å². The summed E-state index contributed by atoms with van der Waals surface area (Å²) in [6, 6.07) is 16.2. The summed E-state index contributed by atoms with van der Waals surface area (Å²) in [5.74, 6) is 1.12. The molecule has 0 heterocycles. The molecule has 0 saturated carbocycles. The third-order valence-electron chi connectivity index (χ3n) is 5.30. The summed E-state index contributed by atoms with van der Waals surface area (Å²) in [6.45, 7) is 8.18. The number of carbonyl (C=O) groups excluding carboxylic acids is 1. The van der Waals surface area contributed by atoms with Crippen molar-refractivity contribution in [3.63, 3.8) is 0 Å². The highest BCUT2D eigenvalue weighted by Crippen LogP contribution is 2.36. The van der Waals surface area contributed by atoms with E-state index in [-0.39, 0.29) is 29.7 Å². The summed E-state index contributed by atoms with van der Waals surface area (Å²) in [6.07, 6.45) is 3.18. The van der Waals surface area contributed by atoms with Crippen molar-refractivity contribution in [2.45, 2.75) is 71.4 Å². The van der Waals surface area contributed by atoms with Gasteiger partial charge >= 0.3 is 0 Å². The molecule has 0 radical (unpaired) electrons. The molecule has 2 aromatic rings. The van der Waals surface area contributed by atoms with Crippen LogP contribution in [0.5, 0.6) is 5.75 Å². The quantitative estimate of drug-likeness (QED) is 0.375. The third-order valence-corrected chi connectivity index (χ3v) is 5.57. The number of hydrogen-bond donors (Lipinski definition) is 1. The summed E-state index contributed by atoms with van der Waals surface area (Å²) < 4.78 is 0. The van der Waals surface area contributed by atoms with Crippen molar-refractivity contribution in [1.29, 1.82) is 0 Å². The minimum atomic E-state index is 0.0840. The third kappa shape index (κ3) is 6.50. The number of phenols is 1. The second-order valence-corrected chi connectivity index (χ2v) is 8.58. The molecule has 29 heavy (non-hydrogen) atoms. The Balaban J connectivity index is 2.32. The van der Waals surface area contributed by atoms with Gasteiger partial charge in [0.1, 0.15) is 5.75 Å². The van der Waals surface area contributed by atoms with Crippen molar-refractivity contribution in [3.05, 3.63) is 65.2 Å². The summed E-state index contributed by atoms with van der Waals surface area (Å²) in [5.41, 5.74) is 3.00. The number of benzene rings is 2. The summed E-state index contributed by atoms with van der Waals surface area (Å²) in [5, 5.41) is 10.6. The van der Waals surface area contributed by atoms with Crippen LogP contribution in [0, 0.1) is 0 Å². The van der Waals surface area contributed by atoms with Crippen molar-refractivity contribution in [2.24, 2.45) is 0 Å². The molecule has 0 aliphatic heterocycles. The molecule has 0 bridgehead atoms. The van der Waals surface area contributed by atoms with Gasteiger partial charge in [0.25, 0.3) is 0 Å². The normalized spacial score (nSPS) is 12.4. The van der Waals surface area contributed by atoms with Gasteiger partial charge in [0, 0.05) is 29.4 Å². The van der Waals surface area contributed by atoms with E-state index in [1.165, 1.54) is 5.56 Å². The number of rotatable bonds is 10. The van der Waals surface area contributed by atoms with E-state index >= 15 is 0 Å². The van der Waals surface area contributed by atoms with E-state index in [0.29, 0.717) is 12.3 Å². The van der Waals surface area contributed by atoms with E-state index in [2.05, 4.69) is 12.1 Å². The minimum Gasteiger partial charge on any atom is -0.508 e. The van der Waals surface area contributed by atoms with Crippen LogP contribution in [0.25, 0.3) is 0 Å². The molecule has 0 fully saturated rings. The van der Waals surface area contributed by atoms with Crippen LogP contribution in [-0.2, 0) is 11.2 Å². The van der Waals surface area contributed by atoms with E-state index in [4.69, 9.17) is 11.6 Å². The van der Waals surface area contributed by atoms with Gasteiger partial charge in [0.05, 0.1) is 6.42 Å². The smallest absolute Gasteiger partial charge is 0.227 e. The molecule has 3 nitrogen and oxygen atoms in total. The Morgan fingerprint density at radius 2 is 1.66 bits per heavy atom. The number of amides is 1. The predicted octanol–water partition coefficient (Wildman–Crippen LogP) is 6.12. The van der Waals surface area contributed by atoms with E-state index in [0.717, 1.165) is 30.4 Å². The fraction of sp³-hybridized carbons (Fsp3) is 0.480. The van der Waals surface area contributed by atoms with Gasteiger partial charge in [-0.2, -0.15) is 0 Å². The van der Waals surface area contributed by atoms with E-state index in [1.807, 2.05) is 62.9 Å². The average Bonchev–Trinajstić information content (AvgIpc) is 2.67. The van der Waals surface area contributed by atoms with Gasteiger partial charge in [-0.1, -0.05) is 48.9 Å². The number of carbonyl (C=O) groups is 1. The Kier molecular flexibility index (Phi) is 9.03. The number of halogens is 1. The Morgan fingerprint density at radius 1 is 1.00 bits per heavy atom. The molecule has 2 aromatic carbocycles. The van der Waals surface area contributed by atoms with Gasteiger partial charge in [0.15, 0.2) is 0 Å². The zero-order valence-electron chi connectivity index (χ0n) is 18.1. The maximum atomic E-state index is 12.9. The average molecular weight is 416 g/mol. The lowest BCUT2D eigenvalue weighted by Gasteiger charge is -2.31. The first-order valence-electron chi connectivity index (χ1n) is 10.6. The number of alkyl halides is 1. The molecule has 0 spiro atoms. The lowest BCUT2D eigenvalue weighted by Crippen LogP contribution is -2.42. The van der Waals surface area contributed by atoms with Crippen LogP contribution < -0.4 is 0 Å². The number of unbranched alkanes of at least 4 members (excludes halogenated alkanes) is 1. The monoisotopic (exact) mass is 415 g/mol.